The normalized spacial score (nSPS) is 17.1. The van der Waals surface area contributed by atoms with E-state index in [9.17, 15) is 10.1 Å². The summed E-state index contributed by atoms with van der Waals surface area (Å²) in [4.78, 5) is 13.4. The molecule has 0 bridgehead atoms. The first-order chi connectivity index (χ1) is 13.5. The Balaban J connectivity index is 1.80. The maximum absolute atomic E-state index is 11.4. The second-order valence-electron chi connectivity index (χ2n) is 7.30. The largest absolute Gasteiger partial charge is 0.350 e. The summed E-state index contributed by atoms with van der Waals surface area (Å²) in [6.45, 7) is 4.65. The molecule has 0 aliphatic carbocycles. The number of hydrogen-bond donors (Lipinski definition) is 0. The highest BCUT2D eigenvalue weighted by Gasteiger charge is 2.30. The number of hydrogen-bond acceptors (Lipinski definition) is 3. The van der Waals surface area contributed by atoms with Crippen LogP contribution < -0.4 is 0 Å². The molecule has 1 aromatic heterocycles. The third-order valence-corrected chi connectivity index (χ3v) is 5.69. The van der Waals surface area contributed by atoms with E-state index in [1.807, 2.05) is 6.07 Å². The quantitative estimate of drug-likeness (QED) is 0.441. The first-order valence-corrected chi connectivity index (χ1v) is 9.79. The van der Waals surface area contributed by atoms with Gasteiger partial charge < -0.3 is 4.57 Å². The third-order valence-electron chi connectivity index (χ3n) is 5.35. The van der Waals surface area contributed by atoms with Gasteiger partial charge in [-0.15, -0.1) is 0 Å². The lowest BCUT2D eigenvalue weighted by molar-refractivity contribution is -0.384. The van der Waals surface area contributed by atoms with Crippen molar-refractivity contribution in [1.82, 2.24) is 9.47 Å². The van der Waals surface area contributed by atoms with Crippen LogP contribution in [0.2, 0.25) is 5.02 Å². The lowest BCUT2D eigenvalue weighted by atomic mass is 10.00. The summed E-state index contributed by atoms with van der Waals surface area (Å²) in [5.74, 6) is 0. The van der Waals surface area contributed by atoms with E-state index >= 15 is 0 Å². The number of aromatic nitrogens is 1. The van der Waals surface area contributed by atoms with Crippen molar-refractivity contribution in [3.63, 3.8) is 0 Å². The highest BCUT2D eigenvalue weighted by molar-refractivity contribution is 6.31. The fraction of sp³-hybridized carbons (Fsp3) is 0.273. The Bertz CT molecular complexity index is 997. The highest BCUT2D eigenvalue weighted by Crippen LogP contribution is 2.38. The molecule has 0 radical (unpaired) electrons. The molecule has 0 fully saturated rings. The smallest absolute Gasteiger partial charge is 0.269 e. The van der Waals surface area contributed by atoms with Gasteiger partial charge in [0.15, 0.2) is 0 Å². The van der Waals surface area contributed by atoms with E-state index in [4.69, 9.17) is 11.6 Å². The van der Waals surface area contributed by atoms with Gasteiger partial charge in [0.2, 0.25) is 0 Å². The van der Waals surface area contributed by atoms with Crippen LogP contribution in [-0.2, 0) is 13.1 Å². The maximum atomic E-state index is 11.4. The zero-order valence-electron chi connectivity index (χ0n) is 15.7. The zero-order chi connectivity index (χ0) is 19.7. The molecule has 3 aromatic rings. The number of nitro benzene ring substituents is 1. The van der Waals surface area contributed by atoms with Gasteiger partial charge in [-0.3, -0.25) is 15.0 Å². The van der Waals surface area contributed by atoms with E-state index < -0.39 is 0 Å². The van der Waals surface area contributed by atoms with Crippen LogP contribution in [0, 0.1) is 17.0 Å². The monoisotopic (exact) mass is 395 g/mol. The SMILES string of the molecule is Cc1ccc(CN2CCCn3cccc3C2c2cc([N+](=O)[O-])ccc2Cl)cc1. The summed E-state index contributed by atoms with van der Waals surface area (Å²) in [6, 6.07) is 17.2. The van der Waals surface area contributed by atoms with Gasteiger partial charge >= 0.3 is 0 Å². The van der Waals surface area contributed by atoms with Gasteiger partial charge in [-0.2, -0.15) is 0 Å². The van der Waals surface area contributed by atoms with Crippen molar-refractivity contribution in [2.24, 2.45) is 0 Å². The average molecular weight is 396 g/mol. The topological polar surface area (TPSA) is 51.3 Å². The van der Waals surface area contributed by atoms with Crippen molar-refractivity contribution in [1.29, 1.82) is 0 Å². The van der Waals surface area contributed by atoms with Gasteiger partial charge in [0.05, 0.1) is 11.0 Å². The number of non-ortho nitro benzene ring substituents is 1. The Hall–Kier alpha value is -2.63. The van der Waals surface area contributed by atoms with Crippen molar-refractivity contribution in [2.45, 2.75) is 32.5 Å². The average Bonchev–Trinajstić information content (AvgIpc) is 3.06. The minimum Gasteiger partial charge on any atom is -0.350 e. The van der Waals surface area contributed by atoms with Gasteiger partial charge in [0, 0.05) is 54.2 Å². The van der Waals surface area contributed by atoms with Crippen molar-refractivity contribution in [2.75, 3.05) is 6.54 Å². The lowest BCUT2D eigenvalue weighted by Crippen LogP contribution is -2.29. The van der Waals surface area contributed by atoms with Crippen LogP contribution in [0.5, 0.6) is 0 Å². The van der Waals surface area contributed by atoms with E-state index in [0.29, 0.717) is 5.02 Å². The van der Waals surface area contributed by atoms with Crippen LogP contribution >= 0.6 is 11.6 Å². The molecule has 0 saturated heterocycles. The van der Waals surface area contributed by atoms with Crippen LogP contribution in [0.25, 0.3) is 0 Å². The Kier molecular flexibility index (Phi) is 5.20. The molecule has 0 saturated carbocycles. The summed E-state index contributed by atoms with van der Waals surface area (Å²) in [6.07, 6.45) is 3.08. The Morgan fingerprint density at radius 3 is 2.68 bits per heavy atom. The van der Waals surface area contributed by atoms with Crippen molar-refractivity contribution in [3.05, 3.63) is 98.3 Å². The molecule has 144 valence electrons. The Labute approximate surface area is 169 Å². The standard InChI is InChI=1S/C22H22ClN3O2/c1-16-5-7-17(8-6-16)15-25-13-3-12-24-11-2-4-21(24)22(25)19-14-18(26(27)28)9-10-20(19)23/h2,4-11,14,22H,3,12-13,15H2,1H3. The molecule has 0 N–H and O–H groups in total. The molecule has 1 unspecified atom stereocenters. The van der Waals surface area contributed by atoms with Crippen molar-refractivity contribution >= 4 is 17.3 Å². The minimum atomic E-state index is -0.361. The molecule has 1 aliphatic rings. The molecule has 5 nitrogen and oxygen atoms in total. The third kappa shape index (κ3) is 3.68. The van der Waals surface area contributed by atoms with Crippen LogP contribution in [0.15, 0.2) is 60.8 Å². The van der Waals surface area contributed by atoms with Gasteiger partial charge in [-0.25, -0.2) is 0 Å². The van der Waals surface area contributed by atoms with Crippen molar-refractivity contribution < 1.29 is 4.92 Å². The molecule has 28 heavy (non-hydrogen) atoms. The number of halogens is 1. The Morgan fingerprint density at radius 2 is 1.93 bits per heavy atom. The summed E-state index contributed by atoms with van der Waals surface area (Å²) in [5, 5.41) is 11.9. The molecule has 1 atom stereocenters. The second kappa shape index (κ2) is 7.78. The second-order valence-corrected chi connectivity index (χ2v) is 7.71. The molecule has 0 spiro atoms. The summed E-state index contributed by atoms with van der Waals surface area (Å²) >= 11 is 6.55. The van der Waals surface area contributed by atoms with Gasteiger partial charge in [-0.1, -0.05) is 41.4 Å². The first-order valence-electron chi connectivity index (χ1n) is 9.41. The van der Waals surface area contributed by atoms with Crippen LogP contribution in [-0.4, -0.2) is 20.9 Å². The minimum absolute atomic E-state index is 0.0667. The highest BCUT2D eigenvalue weighted by atomic mass is 35.5. The van der Waals surface area contributed by atoms with Crippen LogP contribution in [0.1, 0.15) is 34.8 Å². The number of nitro groups is 1. The van der Waals surface area contributed by atoms with Crippen LogP contribution in [0.3, 0.4) is 0 Å². The first kappa shape index (κ1) is 18.7. The molecular weight excluding hydrogens is 374 g/mol. The van der Waals surface area contributed by atoms with E-state index in [1.54, 1.807) is 12.1 Å². The number of aryl methyl sites for hydroxylation is 2. The lowest BCUT2D eigenvalue weighted by Gasteiger charge is -2.31. The fourth-order valence-corrected chi connectivity index (χ4v) is 4.17. The zero-order valence-corrected chi connectivity index (χ0v) is 16.5. The number of benzene rings is 2. The molecule has 2 aromatic carbocycles. The maximum Gasteiger partial charge on any atom is 0.269 e. The fourth-order valence-electron chi connectivity index (χ4n) is 3.95. The van der Waals surface area contributed by atoms with Gasteiger partial charge in [0.25, 0.3) is 5.69 Å². The van der Waals surface area contributed by atoms with Crippen LogP contribution in [0.4, 0.5) is 5.69 Å². The van der Waals surface area contributed by atoms with E-state index in [2.05, 4.69) is 52.9 Å². The van der Waals surface area contributed by atoms with Crippen molar-refractivity contribution in [3.8, 4) is 0 Å². The number of rotatable bonds is 4. The molecule has 2 heterocycles. The predicted octanol–water partition coefficient (Wildman–Crippen LogP) is 5.35. The molecule has 6 heteroatoms. The summed E-state index contributed by atoms with van der Waals surface area (Å²) in [7, 11) is 0. The van der Waals surface area contributed by atoms with Gasteiger partial charge in [-0.05, 0) is 37.1 Å². The number of fused-ring (bicyclic) bond motifs is 1. The number of nitrogens with zero attached hydrogens (tertiary/aromatic N) is 3. The van der Waals surface area contributed by atoms with E-state index in [0.717, 1.165) is 37.3 Å². The van der Waals surface area contributed by atoms with E-state index in [-0.39, 0.29) is 16.7 Å². The summed E-state index contributed by atoms with van der Waals surface area (Å²) in [5.41, 5.74) is 4.41. The molecule has 0 amide bonds. The molecular formula is C22H22ClN3O2. The van der Waals surface area contributed by atoms with Gasteiger partial charge in [0.1, 0.15) is 0 Å². The summed E-state index contributed by atoms with van der Waals surface area (Å²) < 4.78 is 2.23. The predicted molar refractivity (Wildman–Crippen MR) is 111 cm³/mol. The molecule has 4 rings (SSSR count). The Morgan fingerprint density at radius 1 is 1.14 bits per heavy atom. The van der Waals surface area contributed by atoms with E-state index in [1.165, 1.54) is 17.2 Å². The molecule has 1 aliphatic heterocycles.